The Hall–Kier alpha value is -2.73. The maximum Gasteiger partial charge on any atom is 0.251 e. The molecule has 0 aliphatic heterocycles. The Morgan fingerprint density at radius 2 is 1.59 bits per heavy atom. The van der Waals surface area contributed by atoms with Crippen LogP contribution in [0, 0.1) is 0 Å². The van der Waals surface area contributed by atoms with Crippen LogP contribution in [0.1, 0.15) is 43.1 Å². The molecule has 2 aromatic carbocycles. The first kappa shape index (κ1) is 20.6. The highest BCUT2D eigenvalue weighted by Gasteiger charge is 2.15. The molecule has 3 N–H and O–H groups in total. The second kappa shape index (κ2) is 9.28. The zero-order valence-corrected chi connectivity index (χ0v) is 16.7. The summed E-state index contributed by atoms with van der Waals surface area (Å²) in [6.07, 6.45) is 1.02. The molecule has 142 valence electrons. The van der Waals surface area contributed by atoms with Crippen LogP contribution in [0.5, 0.6) is 0 Å². The van der Waals surface area contributed by atoms with Crippen LogP contribution in [-0.4, -0.2) is 22.5 Å². The van der Waals surface area contributed by atoms with E-state index in [0.29, 0.717) is 24.1 Å². The molecule has 0 saturated heterocycles. The van der Waals surface area contributed by atoms with Crippen molar-refractivity contribution in [2.24, 2.45) is 0 Å². The Labute approximate surface area is 165 Å². The van der Waals surface area contributed by atoms with Crippen LogP contribution in [-0.2, 0) is 11.2 Å². The molecule has 6 heteroatoms. The molecule has 2 aromatic rings. The van der Waals surface area contributed by atoms with Gasteiger partial charge in [0.2, 0.25) is 5.91 Å². The van der Waals surface area contributed by atoms with E-state index in [9.17, 15) is 9.59 Å². The fourth-order valence-electron chi connectivity index (χ4n) is 2.37. The molecule has 2 amide bonds. The largest absolute Gasteiger partial charge is 0.347 e. The summed E-state index contributed by atoms with van der Waals surface area (Å²) in [6, 6.07) is 16.7. The molecule has 2 rings (SSSR count). The van der Waals surface area contributed by atoms with Gasteiger partial charge in [0.05, 0.1) is 0 Å². The lowest BCUT2D eigenvalue weighted by atomic mass is 10.1. The standard InChI is InChI=1S/C21H25N3O2S/c1-21(2,3)24-19(26)16-10-12-17(13-11-16)22-20(27)23-18(25)14-9-15-7-5-4-6-8-15/h4-8,10-13H,9,14H2,1-3H3,(H,24,26)(H2,22,23,25,27). The zero-order chi connectivity index (χ0) is 19.9. The maximum absolute atomic E-state index is 12.1. The molecule has 0 radical (unpaired) electrons. The van der Waals surface area contributed by atoms with E-state index in [2.05, 4.69) is 16.0 Å². The van der Waals surface area contributed by atoms with Crippen LogP contribution in [0.2, 0.25) is 0 Å². The fourth-order valence-corrected chi connectivity index (χ4v) is 2.60. The summed E-state index contributed by atoms with van der Waals surface area (Å²) in [5, 5.41) is 8.77. The molecule has 0 unspecified atom stereocenters. The highest BCUT2D eigenvalue weighted by Crippen LogP contribution is 2.11. The van der Waals surface area contributed by atoms with Gasteiger partial charge in [-0.3, -0.25) is 9.59 Å². The highest BCUT2D eigenvalue weighted by molar-refractivity contribution is 7.80. The number of hydrogen-bond acceptors (Lipinski definition) is 3. The van der Waals surface area contributed by atoms with Crippen molar-refractivity contribution in [1.82, 2.24) is 10.6 Å². The van der Waals surface area contributed by atoms with Gasteiger partial charge in [0.15, 0.2) is 5.11 Å². The van der Waals surface area contributed by atoms with Gasteiger partial charge in [-0.15, -0.1) is 0 Å². The molecule has 0 saturated carbocycles. The summed E-state index contributed by atoms with van der Waals surface area (Å²) < 4.78 is 0. The minimum atomic E-state index is -0.292. The second-order valence-corrected chi connectivity index (χ2v) is 7.68. The summed E-state index contributed by atoms with van der Waals surface area (Å²) in [6.45, 7) is 5.79. The Morgan fingerprint density at radius 1 is 0.963 bits per heavy atom. The Morgan fingerprint density at radius 3 is 2.19 bits per heavy atom. The van der Waals surface area contributed by atoms with Crippen LogP contribution in [0.15, 0.2) is 54.6 Å². The Kier molecular flexibility index (Phi) is 7.07. The van der Waals surface area contributed by atoms with Gasteiger partial charge in [0.1, 0.15) is 0 Å². The third-order valence-corrected chi connectivity index (χ3v) is 3.83. The first-order valence-corrected chi connectivity index (χ1v) is 9.21. The molecule has 0 atom stereocenters. The van der Waals surface area contributed by atoms with Crippen molar-refractivity contribution in [3.63, 3.8) is 0 Å². The van der Waals surface area contributed by atoms with Gasteiger partial charge < -0.3 is 16.0 Å². The molecule has 0 aliphatic carbocycles. The van der Waals surface area contributed by atoms with Crippen molar-refractivity contribution in [1.29, 1.82) is 0 Å². The minimum Gasteiger partial charge on any atom is -0.347 e. The number of nitrogens with one attached hydrogen (secondary N) is 3. The summed E-state index contributed by atoms with van der Waals surface area (Å²) in [7, 11) is 0. The number of aryl methyl sites for hydroxylation is 1. The van der Waals surface area contributed by atoms with Crippen LogP contribution >= 0.6 is 12.2 Å². The number of carbonyl (C=O) groups is 2. The number of carbonyl (C=O) groups excluding carboxylic acids is 2. The lowest BCUT2D eigenvalue weighted by molar-refractivity contribution is -0.119. The van der Waals surface area contributed by atoms with Gasteiger partial charge >= 0.3 is 0 Å². The predicted octanol–water partition coefficient (Wildman–Crippen LogP) is 3.66. The van der Waals surface area contributed by atoms with Gasteiger partial charge in [0.25, 0.3) is 5.91 Å². The van der Waals surface area contributed by atoms with Crippen molar-refractivity contribution >= 4 is 34.8 Å². The molecule has 27 heavy (non-hydrogen) atoms. The number of amides is 2. The third-order valence-electron chi connectivity index (χ3n) is 3.63. The second-order valence-electron chi connectivity index (χ2n) is 7.27. The number of rotatable bonds is 5. The summed E-state index contributed by atoms with van der Waals surface area (Å²) in [4.78, 5) is 24.1. The highest BCUT2D eigenvalue weighted by atomic mass is 32.1. The normalized spacial score (nSPS) is 10.8. The lowest BCUT2D eigenvalue weighted by Gasteiger charge is -2.20. The molecule has 5 nitrogen and oxygen atoms in total. The quantitative estimate of drug-likeness (QED) is 0.689. The monoisotopic (exact) mass is 383 g/mol. The van der Waals surface area contributed by atoms with Crippen LogP contribution < -0.4 is 16.0 Å². The zero-order valence-electron chi connectivity index (χ0n) is 15.8. The fraction of sp³-hybridized carbons (Fsp3) is 0.286. The Balaban J connectivity index is 1.81. The van der Waals surface area contributed by atoms with Crippen LogP contribution in [0.25, 0.3) is 0 Å². The van der Waals surface area contributed by atoms with E-state index >= 15 is 0 Å². The van der Waals surface area contributed by atoms with Crippen molar-refractivity contribution in [2.75, 3.05) is 5.32 Å². The summed E-state index contributed by atoms with van der Waals surface area (Å²) in [5.41, 5.74) is 2.08. The van der Waals surface area contributed by atoms with Gasteiger partial charge in [-0.1, -0.05) is 30.3 Å². The van der Waals surface area contributed by atoms with E-state index in [1.165, 1.54) is 0 Å². The van der Waals surface area contributed by atoms with Gasteiger partial charge in [-0.25, -0.2) is 0 Å². The summed E-state index contributed by atoms with van der Waals surface area (Å²) >= 11 is 5.18. The first-order valence-electron chi connectivity index (χ1n) is 8.80. The van der Waals surface area contributed by atoms with E-state index in [1.807, 2.05) is 51.1 Å². The molecule has 0 bridgehead atoms. The van der Waals surface area contributed by atoms with Crippen molar-refractivity contribution < 1.29 is 9.59 Å². The van der Waals surface area contributed by atoms with Crippen molar-refractivity contribution in [2.45, 2.75) is 39.2 Å². The number of thiocarbonyl (C=S) groups is 1. The molecular weight excluding hydrogens is 358 g/mol. The molecule has 0 spiro atoms. The van der Waals surface area contributed by atoms with Gasteiger partial charge in [-0.2, -0.15) is 0 Å². The van der Waals surface area contributed by atoms with E-state index in [4.69, 9.17) is 12.2 Å². The number of hydrogen-bond donors (Lipinski definition) is 3. The SMILES string of the molecule is CC(C)(C)NC(=O)c1ccc(NC(=S)NC(=O)CCc2ccccc2)cc1. The van der Waals surface area contributed by atoms with E-state index < -0.39 is 0 Å². The van der Waals surface area contributed by atoms with Crippen molar-refractivity contribution in [3.8, 4) is 0 Å². The van der Waals surface area contributed by atoms with Gasteiger partial charge in [-0.05, 0) is 69.2 Å². The van der Waals surface area contributed by atoms with E-state index in [0.717, 1.165) is 5.56 Å². The minimum absolute atomic E-state index is 0.133. The molecule has 0 heterocycles. The Bertz CT molecular complexity index is 796. The van der Waals surface area contributed by atoms with Gasteiger partial charge in [0, 0.05) is 23.2 Å². The molecular formula is C21H25N3O2S. The van der Waals surface area contributed by atoms with Crippen LogP contribution in [0.4, 0.5) is 5.69 Å². The average Bonchev–Trinajstić information content (AvgIpc) is 2.60. The predicted molar refractivity (Wildman–Crippen MR) is 113 cm³/mol. The van der Waals surface area contributed by atoms with Crippen molar-refractivity contribution in [3.05, 3.63) is 65.7 Å². The molecule has 0 aromatic heterocycles. The number of anilines is 1. The number of benzene rings is 2. The topological polar surface area (TPSA) is 70.2 Å². The third kappa shape index (κ3) is 7.58. The smallest absolute Gasteiger partial charge is 0.251 e. The maximum atomic E-state index is 12.1. The summed E-state index contributed by atoms with van der Waals surface area (Å²) in [5.74, 6) is -0.275. The van der Waals surface area contributed by atoms with E-state index in [-0.39, 0.29) is 22.5 Å². The van der Waals surface area contributed by atoms with E-state index in [1.54, 1.807) is 24.3 Å². The van der Waals surface area contributed by atoms with Crippen LogP contribution in [0.3, 0.4) is 0 Å². The lowest BCUT2D eigenvalue weighted by Crippen LogP contribution is -2.40. The molecule has 0 aliphatic rings. The molecule has 0 fully saturated rings. The average molecular weight is 384 g/mol. The first-order chi connectivity index (χ1) is 12.7.